The molecule has 0 spiro atoms. The maximum absolute atomic E-state index is 12.6. The minimum absolute atomic E-state index is 0.320. The van der Waals surface area contributed by atoms with Gasteiger partial charge in [-0.3, -0.25) is 4.79 Å². The molecule has 1 saturated carbocycles. The number of carbonyl (C=O) groups is 1. The lowest BCUT2D eigenvalue weighted by molar-refractivity contribution is -0.270. The van der Waals surface area contributed by atoms with Crippen LogP contribution in [0.3, 0.4) is 0 Å². The summed E-state index contributed by atoms with van der Waals surface area (Å²) in [5.74, 6) is -7.70. The Kier molecular flexibility index (Phi) is 3.95. The van der Waals surface area contributed by atoms with Gasteiger partial charge in [-0.25, -0.2) is 0 Å². The van der Waals surface area contributed by atoms with E-state index in [1.807, 2.05) is 0 Å². The van der Waals surface area contributed by atoms with Crippen molar-refractivity contribution >= 4 is 5.91 Å². The van der Waals surface area contributed by atoms with Crippen LogP contribution in [-0.4, -0.2) is 30.1 Å². The van der Waals surface area contributed by atoms with E-state index >= 15 is 0 Å². The van der Waals surface area contributed by atoms with Gasteiger partial charge in [0, 0.05) is 12.1 Å². The Hall–Kier alpha value is -0.920. The summed E-state index contributed by atoms with van der Waals surface area (Å²) in [6.45, 7) is 0. The van der Waals surface area contributed by atoms with Crippen molar-refractivity contribution in [1.29, 1.82) is 0 Å². The SMILES string of the molecule is N[C@@H]1CCCC[C@H]1NC(=O)C(F)(F)C(F)(F)F. The molecule has 8 heteroatoms. The molecule has 1 amide bonds. The van der Waals surface area contributed by atoms with E-state index in [4.69, 9.17) is 5.73 Å². The van der Waals surface area contributed by atoms with Gasteiger partial charge in [-0.1, -0.05) is 12.8 Å². The van der Waals surface area contributed by atoms with Crippen molar-refractivity contribution in [2.75, 3.05) is 0 Å². The average Bonchev–Trinajstić information content (AvgIpc) is 2.19. The highest BCUT2D eigenvalue weighted by molar-refractivity contribution is 5.84. The second-order valence-electron chi connectivity index (χ2n) is 4.10. The fourth-order valence-electron chi connectivity index (χ4n) is 1.73. The summed E-state index contributed by atoms with van der Waals surface area (Å²) in [4.78, 5) is 10.9. The normalized spacial score (nSPS) is 26.7. The largest absolute Gasteiger partial charge is 0.463 e. The maximum atomic E-state index is 12.6. The molecule has 0 aliphatic heterocycles. The Bertz CT molecular complexity index is 292. The zero-order valence-electron chi connectivity index (χ0n) is 8.86. The van der Waals surface area contributed by atoms with Gasteiger partial charge in [0.1, 0.15) is 0 Å². The molecule has 0 aromatic heterocycles. The monoisotopic (exact) mass is 260 g/mol. The van der Waals surface area contributed by atoms with Gasteiger partial charge in [0.25, 0.3) is 0 Å². The Morgan fingerprint density at radius 2 is 1.65 bits per heavy atom. The summed E-state index contributed by atoms with van der Waals surface area (Å²) < 4.78 is 60.9. The second kappa shape index (κ2) is 4.75. The second-order valence-corrected chi connectivity index (χ2v) is 4.10. The maximum Gasteiger partial charge on any atom is 0.463 e. The van der Waals surface area contributed by atoms with Crippen molar-refractivity contribution in [2.45, 2.75) is 49.9 Å². The van der Waals surface area contributed by atoms with Crippen molar-refractivity contribution in [3.63, 3.8) is 0 Å². The summed E-state index contributed by atoms with van der Waals surface area (Å²) in [6, 6.07) is -1.39. The lowest BCUT2D eigenvalue weighted by atomic mass is 9.91. The predicted octanol–water partition coefficient (Wildman–Crippen LogP) is 1.57. The number of nitrogens with two attached hydrogens (primary N) is 1. The van der Waals surface area contributed by atoms with Crippen LogP contribution in [-0.2, 0) is 4.79 Å². The first-order chi connectivity index (χ1) is 7.66. The predicted molar refractivity (Wildman–Crippen MR) is 49.4 cm³/mol. The van der Waals surface area contributed by atoms with Crippen LogP contribution >= 0.6 is 0 Å². The highest BCUT2D eigenvalue weighted by atomic mass is 19.4. The van der Waals surface area contributed by atoms with Crippen LogP contribution in [0.15, 0.2) is 0 Å². The Morgan fingerprint density at radius 3 is 2.12 bits per heavy atom. The summed E-state index contributed by atoms with van der Waals surface area (Å²) in [5.41, 5.74) is 5.54. The van der Waals surface area contributed by atoms with Gasteiger partial charge < -0.3 is 11.1 Å². The highest BCUT2D eigenvalue weighted by Gasteiger charge is 2.63. The fraction of sp³-hybridized carbons (Fsp3) is 0.889. The van der Waals surface area contributed by atoms with Crippen molar-refractivity contribution in [2.24, 2.45) is 5.73 Å². The van der Waals surface area contributed by atoms with E-state index in [-0.39, 0.29) is 0 Å². The van der Waals surface area contributed by atoms with E-state index in [2.05, 4.69) is 0 Å². The Morgan fingerprint density at radius 1 is 1.12 bits per heavy atom. The molecule has 0 radical (unpaired) electrons. The van der Waals surface area contributed by atoms with E-state index < -0.39 is 30.1 Å². The summed E-state index contributed by atoms with van der Waals surface area (Å²) in [6.07, 6.45) is -3.63. The number of halogens is 5. The summed E-state index contributed by atoms with van der Waals surface area (Å²) in [5, 5.41) is 1.68. The Balaban J connectivity index is 2.65. The lowest BCUT2D eigenvalue weighted by Gasteiger charge is -2.30. The van der Waals surface area contributed by atoms with Crippen LogP contribution < -0.4 is 11.1 Å². The standard InChI is InChI=1S/C9H13F5N2O/c10-8(11,9(12,13)14)7(17)16-6-4-2-1-3-5(6)15/h5-6H,1-4,15H2,(H,16,17)/t5-,6-/m1/s1. The zero-order chi connectivity index (χ0) is 13.3. The molecule has 1 aliphatic rings. The lowest BCUT2D eigenvalue weighted by Crippen LogP contribution is -2.57. The quantitative estimate of drug-likeness (QED) is 0.740. The van der Waals surface area contributed by atoms with E-state index in [1.54, 1.807) is 5.32 Å². The van der Waals surface area contributed by atoms with Crippen LogP contribution in [0.25, 0.3) is 0 Å². The van der Waals surface area contributed by atoms with Gasteiger partial charge in [0.15, 0.2) is 0 Å². The molecule has 0 bridgehead atoms. The van der Waals surface area contributed by atoms with E-state index in [0.717, 1.165) is 6.42 Å². The molecule has 0 aromatic carbocycles. The molecule has 0 saturated heterocycles. The van der Waals surface area contributed by atoms with Crippen molar-refractivity contribution in [3.05, 3.63) is 0 Å². The van der Waals surface area contributed by atoms with Crippen molar-refractivity contribution in [3.8, 4) is 0 Å². The van der Waals surface area contributed by atoms with Gasteiger partial charge in [-0.05, 0) is 12.8 Å². The highest BCUT2D eigenvalue weighted by Crippen LogP contribution is 2.35. The number of alkyl halides is 5. The molecule has 100 valence electrons. The van der Waals surface area contributed by atoms with Crippen molar-refractivity contribution in [1.82, 2.24) is 5.32 Å². The molecule has 3 nitrogen and oxygen atoms in total. The molecule has 17 heavy (non-hydrogen) atoms. The molecule has 1 rings (SSSR count). The third-order valence-electron chi connectivity index (χ3n) is 2.78. The van der Waals surface area contributed by atoms with Crippen LogP contribution in [0.5, 0.6) is 0 Å². The number of amides is 1. The zero-order valence-corrected chi connectivity index (χ0v) is 8.86. The molecular weight excluding hydrogens is 247 g/mol. The minimum Gasteiger partial charge on any atom is -0.346 e. The number of hydrogen-bond acceptors (Lipinski definition) is 2. The van der Waals surface area contributed by atoms with Gasteiger partial charge in [-0.15, -0.1) is 0 Å². The molecule has 1 fully saturated rings. The topological polar surface area (TPSA) is 55.1 Å². The first kappa shape index (κ1) is 14.1. The number of hydrogen-bond donors (Lipinski definition) is 2. The molecule has 0 heterocycles. The van der Waals surface area contributed by atoms with Crippen molar-refractivity contribution < 1.29 is 26.7 Å². The minimum atomic E-state index is -5.88. The van der Waals surface area contributed by atoms with Crippen LogP contribution in [0.1, 0.15) is 25.7 Å². The van der Waals surface area contributed by atoms with Crippen LogP contribution in [0.2, 0.25) is 0 Å². The number of nitrogens with one attached hydrogen (secondary N) is 1. The van der Waals surface area contributed by atoms with E-state index in [9.17, 15) is 26.7 Å². The summed E-state index contributed by atoms with van der Waals surface area (Å²) >= 11 is 0. The van der Waals surface area contributed by atoms with E-state index in [0.29, 0.717) is 19.3 Å². The smallest absolute Gasteiger partial charge is 0.346 e. The van der Waals surface area contributed by atoms with Crippen LogP contribution in [0.4, 0.5) is 22.0 Å². The molecule has 0 unspecified atom stereocenters. The Labute approximate surface area is 94.5 Å². The molecule has 3 N–H and O–H groups in total. The fourth-order valence-corrected chi connectivity index (χ4v) is 1.73. The van der Waals surface area contributed by atoms with E-state index in [1.165, 1.54) is 0 Å². The third-order valence-corrected chi connectivity index (χ3v) is 2.78. The van der Waals surface area contributed by atoms with Gasteiger partial charge in [0.05, 0.1) is 0 Å². The average molecular weight is 260 g/mol. The van der Waals surface area contributed by atoms with Gasteiger partial charge >= 0.3 is 18.0 Å². The molecule has 2 atom stereocenters. The summed E-state index contributed by atoms with van der Waals surface area (Å²) in [7, 11) is 0. The third kappa shape index (κ3) is 3.05. The molecule has 1 aliphatic carbocycles. The van der Waals surface area contributed by atoms with Gasteiger partial charge in [-0.2, -0.15) is 22.0 Å². The first-order valence-electron chi connectivity index (χ1n) is 5.17. The van der Waals surface area contributed by atoms with Crippen LogP contribution in [0, 0.1) is 0 Å². The molecular formula is C9H13F5N2O. The molecule has 0 aromatic rings. The van der Waals surface area contributed by atoms with Gasteiger partial charge in [0.2, 0.25) is 0 Å². The number of rotatable bonds is 2. The number of carbonyl (C=O) groups excluding carboxylic acids is 1. The first-order valence-corrected chi connectivity index (χ1v) is 5.17.